The molecule has 1 amide bonds. The third-order valence-electron chi connectivity index (χ3n) is 6.08. The highest BCUT2D eigenvalue weighted by atomic mass is 19.4. The topological polar surface area (TPSA) is 55.1 Å². The van der Waals surface area contributed by atoms with Gasteiger partial charge in [0.1, 0.15) is 0 Å². The first kappa shape index (κ1) is 26.0. The number of alkyl halides is 6. The first-order valence-electron chi connectivity index (χ1n) is 11.0. The maximum Gasteiger partial charge on any atom is 0.416 e. The van der Waals surface area contributed by atoms with Gasteiger partial charge in [-0.25, -0.2) is 4.98 Å². The molecule has 4 rings (SSSR count). The van der Waals surface area contributed by atoms with Crippen LogP contribution in [0.5, 0.6) is 0 Å². The van der Waals surface area contributed by atoms with Gasteiger partial charge < -0.3 is 9.73 Å². The largest absolute Gasteiger partial charge is 0.438 e. The standard InChI is InChI=1S/C27H20F6N2O2/c1-17-21(11-6-12-22(17)27(31,32)33)25(14-18-7-3-2-4-8-18,35-24(36)23-15-34-16-37-23)19-9-5-10-20(13-19)26(28,29)30/h2-13,15-16H,14H2,1H3,(H,35,36). The number of halogens is 6. The van der Waals surface area contributed by atoms with E-state index in [9.17, 15) is 31.1 Å². The molecule has 0 fully saturated rings. The molecule has 0 saturated carbocycles. The smallest absolute Gasteiger partial charge is 0.416 e. The lowest BCUT2D eigenvalue weighted by molar-refractivity contribution is -0.138. The second-order valence-corrected chi connectivity index (χ2v) is 8.44. The summed E-state index contributed by atoms with van der Waals surface area (Å²) in [7, 11) is 0. The van der Waals surface area contributed by atoms with Gasteiger partial charge in [0.15, 0.2) is 6.39 Å². The van der Waals surface area contributed by atoms with Crippen molar-refractivity contribution in [1.82, 2.24) is 10.3 Å². The molecule has 0 bridgehead atoms. The fourth-order valence-electron chi connectivity index (χ4n) is 4.39. The first-order valence-corrected chi connectivity index (χ1v) is 11.0. The second kappa shape index (κ2) is 9.76. The molecule has 0 aliphatic rings. The Kier molecular flexibility index (Phi) is 6.86. The summed E-state index contributed by atoms with van der Waals surface area (Å²) in [5, 5.41) is 2.70. The van der Waals surface area contributed by atoms with Crippen molar-refractivity contribution in [2.24, 2.45) is 0 Å². The lowest BCUT2D eigenvalue weighted by Crippen LogP contribution is -2.49. The maximum atomic E-state index is 13.9. The zero-order valence-electron chi connectivity index (χ0n) is 19.3. The average molecular weight is 518 g/mol. The Labute approximate surface area is 208 Å². The highest BCUT2D eigenvalue weighted by Gasteiger charge is 2.43. The molecule has 192 valence electrons. The van der Waals surface area contributed by atoms with Crippen LogP contribution in [0, 0.1) is 6.92 Å². The van der Waals surface area contributed by atoms with E-state index in [2.05, 4.69) is 10.3 Å². The van der Waals surface area contributed by atoms with Crippen molar-refractivity contribution in [2.75, 3.05) is 0 Å². The van der Waals surface area contributed by atoms with Crippen LogP contribution in [0.3, 0.4) is 0 Å². The van der Waals surface area contributed by atoms with E-state index in [0.29, 0.717) is 5.56 Å². The van der Waals surface area contributed by atoms with E-state index in [0.717, 1.165) is 36.9 Å². The molecule has 0 spiro atoms. The van der Waals surface area contributed by atoms with Crippen LogP contribution in [0.25, 0.3) is 0 Å². The van der Waals surface area contributed by atoms with Crippen molar-refractivity contribution in [2.45, 2.75) is 31.2 Å². The van der Waals surface area contributed by atoms with Crippen LogP contribution in [0.1, 0.15) is 43.9 Å². The number of rotatable bonds is 6. The molecule has 3 aromatic carbocycles. The monoisotopic (exact) mass is 518 g/mol. The number of carbonyl (C=O) groups is 1. The highest BCUT2D eigenvalue weighted by Crippen LogP contribution is 2.42. The quantitative estimate of drug-likeness (QED) is 0.282. The van der Waals surface area contributed by atoms with Crippen LogP contribution in [0.4, 0.5) is 26.3 Å². The van der Waals surface area contributed by atoms with Gasteiger partial charge in [-0.1, -0.05) is 54.6 Å². The lowest BCUT2D eigenvalue weighted by atomic mass is 9.75. The van der Waals surface area contributed by atoms with E-state index in [1.54, 1.807) is 30.3 Å². The minimum absolute atomic E-state index is 0.0154. The van der Waals surface area contributed by atoms with Crippen molar-refractivity contribution >= 4 is 5.91 Å². The zero-order valence-corrected chi connectivity index (χ0v) is 19.3. The Hall–Kier alpha value is -4.08. The van der Waals surface area contributed by atoms with Gasteiger partial charge in [-0.3, -0.25) is 4.79 Å². The number of aromatic nitrogens is 1. The summed E-state index contributed by atoms with van der Waals surface area (Å²) < 4.78 is 87.9. The van der Waals surface area contributed by atoms with E-state index in [-0.39, 0.29) is 28.9 Å². The second-order valence-electron chi connectivity index (χ2n) is 8.44. The molecule has 0 saturated heterocycles. The molecular weight excluding hydrogens is 498 g/mol. The van der Waals surface area contributed by atoms with E-state index in [4.69, 9.17) is 4.42 Å². The van der Waals surface area contributed by atoms with Crippen LogP contribution in [0.15, 0.2) is 89.8 Å². The Bertz CT molecular complexity index is 1380. The third kappa shape index (κ3) is 5.37. The summed E-state index contributed by atoms with van der Waals surface area (Å²) in [5.74, 6) is -1.11. The summed E-state index contributed by atoms with van der Waals surface area (Å²) >= 11 is 0. The number of amides is 1. The lowest BCUT2D eigenvalue weighted by Gasteiger charge is -2.38. The summed E-state index contributed by atoms with van der Waals surface area (Å²) in [6.45, 7) is 1.23. The van der Waals surface area contributed by atoms with Gasteiger partial charge in [0.25, 0.3) is 5.91 Å². The molecule has 4 nitrogen and oxygen atoms in total. The molecule has 1 unspecified atom stereocenters. The Morgan fingerprint density at radius 2 is 1.49 bits per heavy atom. The number of benzene rings is 3. The Balaban J connectivity index is 2.05. The number of hydrogen-bond acceptors (Lipinski definition) is 3. The van der Waals surface area contributed by atoms with Crippen molar-refractivity contribution in [3.05, 3.63) is 125 Å². The molecular formula is C27H20F6N2O2. The minimum atomic E-state index is -4.73. The predicted molar refractivity (Wildman–Crippen MR) is 123 cm³/mol. The number of hydrogen-bond donors (Lipinski definition) is 1. The number of nitrogens with zero attached hydrogens (tertiary/aromatic N) is 1. The summed E-state index contributed by atoms with van der Waals surface area (Å²) in [6, 6.07) is 16.0. The minimum Gasteiger partial charge on any atom is -0.438 e. The number of oxazole rings is 1. The van der Waals surface area contributed by atoms with Crippen molar-refractivity contribution in [3.8, 4) is 0 Å². The van der Waals surface area contributed by atoms with Gasteiger partial charge in [0.05, 0.1) is 22.9 Å². The number of nitrogens with one attached hydrogen (secondary N) is 1. The maximum absolute atomic E-state index is 13.9. The van der Waals surface area contributed by atoms with Crippen LogP contribution in [-0.4, -0.2) is 10.9 Å². The van der Waals surface area contributed by atoms with Crippen LogP contribution >= 0.6 is 0 Å². The van der Waals surface area contributed by atoms with Crippen molar-refractivity contribution < 1.29 is 35.6 Å². The normalized spacial score (nSPS) is 13.7. The first-order chi connectivity index (χ1) is 17.4. The van der Waals surface area contributed by atoms with Gasteiger partial charge in [-0.05, 0) is 47.4 Å². The molecule has 1 atom stereocenters. The SMILES string of the molecule is Cc1c(C(F)(F)F)cccc1C(Cc1ccccc1)(NC(=O)c1cnco1)c1cccc(C(F)(F)F)c1. The van der Waals surface area contributed by atoms with Crippen LogP contribution in [-0.2, 0) is 24.3 Å². The van der Waals surface area contributed by atoms with Crippen molar-refractivity contribution in [1.29, 1.82) is 0 Å². The van der Waals surface area contributed by atoms with E-state index >= 15 is 0 Å². The Morgan fingerprint density at radius 1 is 0.838 bits per heavy atom. The van der Waals surface area contributed by atoms with Gasteiger partial charge in [-0.15, -0.1) is 0 Å². The van der Waals surface area contributed by atoms with Crippen LogP contribution in [0.2, 0.25) is 0 Å². The Morgan fingerprint density at radius 3 is 2.11 bits per heavy atom. The van der Waals surface area contributed by atoms with Gasteiger partial charge in [0, 0.05) is 6.42 Å². The molecule has 1 heterocycles. The van der Waals surface area contributed by atoms with E-state index in [1.807, 2.05) is 0 Å². The molecule has 37 heavy (non-hydrogen) atoms. The molecule has 0 aliphatic carbocycles. The van der Waals surface area contributed by atoms with Crippen LogP contribution < -0.4 is 5.32 Å². The van der Waals surface area contributed by atoms with Gasteiger partial charge in [-0.2, -0.15) is 26.3 Å². The molecule has 1 aromatic heterocycles. The fraction of sp³-hybridized carbons (Fsp3) is 0.185. The molecule has 4 aromatic rings. The summed E-state index contributed by atoms with van der Waals surface area (Å²) in [4.78, 5) is 16.9. The third-order valence-corrected chi connectivity index (χ3v) is 6.08. The van der Waals surface area contributed by atoms with Crippen molar-refractivity contribution in [3.63, 3.8) is 0 Å². The summed E-state index contributed by atoms with van der Waals surface area (Å²) in [6.07, 6.45) is -7.52. The molecule has 0 radical (unpaired) electrons. The van der Waals surface area contributed by atoms with E-state index < -0.39 is 34.9 Å². The van der Waals surface area contributed by atoms with E-state index in [1.165, 1.54) is 25.1 Å². The predicted octanol–water partition coefficient (Wildman–Crippen LogP) is 6.94. The molecule has 10 heteroatoms. The van der Waals surface area contributed by atoms with Gasteiger partial charge in [0.2, 0.25) is 5.76 Å². The molecule has 0 aliphatic heterocycles. The fourth-order valence-corrected chi connectivity index (χ4v) is 4.39. The zero-order chi connectivity index (χ0) is 26.8. The van der Waals surface area contributed by atoms with Gasteiger partial charge >= 0.3 is 12.4 Å². The highest BCUT2D eigenvalue weighted by molar-refractivity contribution is 5.92. The average Bonchev–Trinajstić information content (AvgIpc) is 3.39. The molecule has 1 N–H and O–H groups in total. The summed E-state index contributed by atoms with van der Waals surface area (Å²) in [5.41, 5.74) is -3.57. The number of carbonyl (C=O) groups excluding carboxylic acids is 1.